The molecule has 0 unspecified atom stereocenters. The fraction of sp³-hybridized carbons (Fsp3) is 0.423. The van der Waals surface area contributed by atoms with E-state index in [1.165, 1.54) is 12.0 Å². The van der Waals surface area contributed by atoms with Crippen LogP contribution >= 0.6 is 0 Å². The Morgan fingerprint density at radius 3 is 2.53 bits per heavy atom. The van der Waals surface area contributed by atoms with Crippen molar-refractivity contribution >= 4 is 22.8 Å². The van der Waals surface area contributed by atoms with Gasteiger partial charge in [0.2, 0.25) is 11.8 Å². The number of likely N-dealkylation sites (tertiary alicyclic amines) is 2. The highest BCUT2D eigenvalue weighted by Gasteiger charge is 2.34. The van der Waals surface area contributed by atoms with Gasteiger partial charge in [-0.3, -0.25) is 9.59 Å². The molecule has 3 heterocycles. The fourth-order valence-electron chi connectivity index (χ4n) is 5.02. The van der Waals surface area contributed by atoms with E-state index in [1.54, 1.807) is 0 Å². The Labute approximate surface area is 188 Å². The van der Waals surface area contributed by atoms with Crippen LogP contribution in [0.15, 0.2) is 54.6 Å². The maximum absolute atomic E-state index is 13.1. The number of fused-ring (bicyclic) bond motifs is 1. The minimum Gasteiger partial charge on any atom is -0.342 e. The number of rotatable bonds is 6. The molecule has 6 heteroatoms. The number of benzene rings is 2. The molecule has 2 fully saturated rings. The van der Waals surface area contributed by atoms with Crippen molar-refractivity contribution in [3.05, 3.63) is 66.0 Å². The predicted molar refractivity (Wildman–Crippen MR) is 124 cm³/mol. The highest BCUT2D eigenvalue weighted by molar-refractivity contribution is 5.83. The third-order valence-electron chi connectivity index (χ3n) is 6.78. The first-order valence-corrected chi connectivity index (χ1v) is 11.7. The zero-order chi connectivity index (χ0) is 21.9. The first-order chi connectivity index (χ1) is 15.7. The van der Waals surface area contributed by atoms with E-state index in [4.69, 9.17) is 4.98 Å². The smallest absolute Gasteiger partial charge is 0.242 e. The summed E-state index contributed by atoms with van der Waals surface area (Å²) in [6.45, 7) is 3.36. The molecule has 166 valence electrons. The lowest BCUT2D eigenvalue weighted by Crippen LogP contribution is -2.38. The van der Waals surface area contributed by atoms with Gasteiger partial charge in [0.15, 0.2) is 0 Å². The van der Waals surface area contributed by atoms with Gasteiger partial charge in [0.05, 0.1) is 11.0 Å². The van der Waals surface area contributed by atoms with Gasteiger partial charge < -0.3 is 14.4 Å². The Bertz CT molecular complexity index is 1100. The summed E-state index contributed by atoms with van der Waals surface area (Å²) in [6.07, 6.45) is 4.67. The molecule has 2 aromatic carbocycles. The van der Waals surface area contributed by atoms with Crippen molar-refractivity contribution in [2.75, 3.05) is 26.2 Å². The van der Waals surface area contributed by atoms with Crippen LogP contribution < -0.4 is 0 Å². The van der Waals surface area contributed by atoms with E-state index < -0.39 is 0 Å². The molecular weight excluding hydrogens is 400 g/mol. The van der Waals surface area contributed by atoms with Gasteiger partial charge >= 0.3 is 0 Å². The first-order valence-electron chi connectivity index (χ1n) is 11.7. The second-order valence-corrected chi connectivity index (χ2v) is 8.96. The lowest BCUT2D eigenvalue weighted by molar-refractivity contribution is -0.132. The molecule has 32 heavy (non-hydrogen) atoms. The molecule has 1 atom stereocenters. The predicted octanol–water partition coefficient (Wildman–Crippen LogP) is 3.61. The molecule has 2 aliphatic heterocycles. The van der Waals surface area contributed by atoms with E-state index in [-0.39, 0.29) is 17.7 Å². The monoisotopic (exact) mass is 430 g/mol. The number of piperidine rings is 1. The maximum atomic E-state index is 13.1. The Kier molecular flexibility index (Phi) is 5.93. The highest BCUT2D eigenvalue weighted by atomic mass is 16.2. The lowest BCUT2D eigenvalue weighted by Gasteiger charge is -2.27. The standard InChI is InChI=1S/C26H30N4O2/c31-24-17-21(18-29(24)16-13-20-9-3-1-4-10-20)26-27-22-11-5-6-12-23(22)30(26)19-25(32)28-14-7-2-8-15-28/h1,3-6,9-12,21H,2,7-8,13-19H2/t21-/m1/s1. The van der Waals surface area contributed by atoms with Crippen LogP contribution in [0.5, 0.6) is 0 Å². The third-order valence-corrected chi connectivity index (χ3v) is 6.78. The second-order valence-electron chi connectivity index (χ2n) is 8.96. The van der Waals surface area contributed by atoms with Gasteiger partial charge in [-0.1, -0.05) is 42.5 Å². The number of amides is 2. The van der Waals surface area contributed by atoms with Crippen molar-refractivity contribution in [3.63, 3.8) is 0 Å². The molecule has 2 aliphatic rings. The van der Waals surface area contributed by atoms with Crippen LogP contribution in [-0.2, 0) is 22.6 Å². The maximum Gasteiger partial charge on any atom is 0.242 e. The van der Waals surface area contributed by atoms with E-state index in [9.17, 15) is 9.59 Å². The van der Waals surface area contributed by atoms with Gasteiger partial charge in [-0.05, 0) is 43.4 Å². The molecule has 0 bridgehead atoms. The quantitative estimate of drug-likeness (QED) is 0.600. The lowest BCUT2D eigenvalue weighted by atomic mass is 10.1. The second kappa shape index (κ2) is 9.15. The highest BCUT2D eigenvalue weighted by Crippen LogP contribution is 2.30. The Hall–Kier alpha value is -3.15. The molecule has 0 aliphatic carbocycles. The summed E-state index contributed by atoms with van der Waals surface area (Å²) < 4.78 is 2.06. The van der Waals surface area contributed by atoms with Crippen LogP contribution in [0, 0.1) is 0 Å². The molecule has 1 aromatic heterocycles. The van der Waals surface area contributed by atoms with E-state index in [1.807, 2.05) is 52.3 Å². The largest absolute Gasteiger partial charge is 0.342 e. The molecule has 0 spiro atoms. The molecule has 5 rings (SSSR count). The van der Waals surface area contributed by atoms with Crippen molar-refractivity contribution in [2.45, 2.75) is 44.6 Å². The first kappa shape index (κ1) is 20.7. The summed E-state index contributed by atoms with van der Waals surface area (Å²) in [4.78, 5) is 34.7. The van der Waals surface area contributed by atoms with Crippen molar-refractivity contribution in [1.29, 1.82) is 0 Å². The number of hydrogen-bond acceptors (Lipinski definition) is 3. The van der Waals surface area contributed by atoms with Crippen molar-refractivity contribution < 1.29 is 9.59 Å². The van der Waals surface area contributed by atoms with Crippen LogP contribution in [-0.4, -0.2) is 57.3 Å². The zero-order valence-corrected chi connectivity index (χ0v) is 18.4. The van der Waals surface area contributed by atoms with Crippen LogP contribution in [0.25, 0.3) is 11.0 Å². The number of aromatic nitrogens is 2. The molecule has 6 nitrogen and oxygen atoms in total. The van der Waals surface area contributed by atoms with Crippen LogP contribution in [0.2, 0.25) is 0 Å². The van der Waals surface area contributed by atoms with E-state index in [0.717, 1.165) is 49.2 Å². The van der Waals surface area contributed by atoms with E-state index >= 15 is 0 Å². The number of nitrogens with zero attached hydrogens (tertiary/aromatic N) is 4. The third kappa shape index (κ3) is 4.27. The Morgan fingerprint density at radius 1 is 0.969 bits per heavy atom. The molecule has 3 aromatic rings. The van der Waals surface area contributed by atoms with E-state index in [2.05, 4.69) is 16.7 Å². The summed E-state index contributed by atoms with van der Waals surface area (Å²) >= 11 is 0. The summed E-state index contributed by atoms with van der Waals surface area (Å²) in [7, 11) is 0. The minimum absolute atomic E-state index is 0.0137. The van der Waals surface area contributed by atoms with Crippen LogP contribution in [0.4, 0.5) is 0 Å². The minimum atomic E-state index is 0.0137. The molecule has 2 saturated heterocycles. The Balaban J connectivity index is 1.36. The van der Waals surface area contributed by atoms with Gasteiger partial charge in [-0.15, -0.1) is 0 Å². The number of para-hydroxylation sites is 2. The van der Waals surface area contributed by atoms with Gasteiger partial charge in [-0.2, -0.15) is 0 Å². The summed E-state index contributed by atoms with van der Waals surface area (Å²) in [5, 5.41) is 0. The molecule has 2 amide bonds. The average molecular weight is 431 g/mol. The van der Waals surface area contributed by atoms with Gasteiger partial charge in [0.25, 0.3) is 0 Å². The SMILES string of the molecule is O=C(Cn1c([C@@H]2CC(=O)N(CCc3ccccc3)C2)nc2ccccc21)N1CCCCC1. The molecule has 0 N–H and O–H groups in total. The number of carbonyl (C=O) groups excluding carboxylic acids is 2. The Morgan fingerprint density at radius 2 is 1.72 bits per heavy atom. The fourth-order valence-corrected chi connectivity index (χ4v) is 5.02. The number of hydrogen-bond donors (Lipinski definition) is 0. The van der Waals surface area contributed by atoms with Crippen LogP contribution in [0.3, 0.4) is 0 Å². The van der Waals surface area contributed by atoms with Crippen molar-refractivity contribution in [1.82, 2.24) is 19.4 Å². The summed E-state index contributed by atoms with van der Waals surface area (Å²) in [5.41, 5.74) is 3.11. The van der Waals surface area contributed by atoms with Gasteiger partial charge in [0, 0.05) is 38.5 Å². The molecule has 0 radical (unpaired) electrons. The normalized spacial score (nSPS) is 19.1. The van der Waals surface area contributed by atoms with Gasteiger partial charge in [-0.25, -0.2) is 4.98 Å². The van der Waals surface area contributed by atoms with Crippen molar-refractivity contribution in [3.8, 4) is 0 Å². The van der Waals surface area contributed by atoms with Crippen molar-refractivity contribution in [2.24, 2.45) is 0 Å². The van der Waals surface area contributed by atoms with E-state index in [0.29, 0.717) is 26.1 Å². The zero-order valence-electron chi connectivity index (χ0n) is 18.4. The topological polar surface area (TPSA) is 58.4 Å². The molecular formula is C26H30N4O2. The summed E-state index contributed by atoms with van der Waals surface area (Å²) in [6, 6.07) is 18.3. The number of carbonyl (C=O) groups is 2. The number of imidazole rings is 1. The molecule has 0 saturated carbocycles. The van der Waals surface area contributed by atoms with Crippen LogP contribution in [0.1, 0.15) is 43.0 Å². The van der Waals surface area contributed by atoms with Gasteiger partial charge in [0.1, 0.15) is 12.4 Å². The average Bonchev–Trinajstić information content (AvgIpc) is 3.39. The summed E-state index contributed by atoms with van der Waals surface area (Å²) in [5.74, 6) is 1.21.